The van der Waals surface area contributed by atoms with Gasteiger partial charge in [0.1, 0.15) is 68.0 Å². The number of hydrogen-bond acceptors (Lipinski definition) is 16. The molecule has 0 unspecified atom stereocenters. The zero-order valence-electron chi connectivity index (χ0n) is 66.7. The molecule has 0 aliphatic rings. The van der Waals surface area contributed by atoms with Gasteiger partial charge in [0.05, 0.1) is 5.56 Å². The summed E-state index contributed by atoms with van der Waals surface area (Å²) in [5.41, 5.74) is 13.7. The SMILES string of the molecule is CC(C)(C)c1nc(-c2ccccc2)nc(-c2ccc3c(c2)oc2ccccc23)n1.CC(C)(C)c1nc(-c2ccccc2)nc(-c2ccc3oc4ccccc4c3c2)n1.CC(C)(C)c1nc(-c2ccccc2)nc(-c2cccc3c2oc2ccccc23)n1.CC(C)(C)c1nc(-c2ccccc2)nc(-c2cccc3oc4ccccc4c23)n1. The van der Waals surface area contributed by atoms with E-state index in [1.165, 1.54) is 0 Å². The van der Waals surface area contributed by atoms with Gasteiger partial charge in [0.15, 0.2) is 46.6 Å². The van der Waals surface area contributed by atoms with Gasteiger partial charge < -0.3 is 17.7 Å². The van der Waals surface area contributed by atoms with Crippen molar-refractivity contribution in [3.63, 3.8) is 0 Å². The van der Waals surface area contributed by atoms with Crippen LogP contribution in [0.25, 0.3) is 179 Å². The van der Waals surface area contributed by atoms with E-state index in [0.29, 0.717) is 46.6 Å². The van der Waals surface area contributed by atoms with Crippen LogP contribution in [0.4, 0.5) is 0 Å². The normalized spacial score (nSPS) is 12.0. The lowest BCUT2D eigenvalue weighted by Gasteiger charge is -2.18. The van der Waals surface area contributed by atoms with Crippen molar-refractivity contribution >= 4 is 87.8 Å². The Morgan fingerprint density at radius 1 is 0.181 bits per heavy atom. The molecule has 16 nitrogen and oxygen atoms in total. The summed E-state index contributed by atoms with van der Waals surface area (Å²) in [5, 5.41) is 8.64. The van der Waals surface area contributed by atoms with E-state index in [9.17, 15) is 0 Å². The topological polar surface area (TPSA) is 207 Å². The fraction of sp³-hybridized carbons (Fsp3) is 0.160. The van der Waals surface area contributed by atoms with Gasteiger partial charge in [-0.05, 0) is 66.7 Å². The smallest absolute Gasteiger partial charge is 0.167 e. The van der Waals surface area contributed by atoms with Crippen molar-refractivity contribution < 1.29 is 17.7 Å². The first kappa shape index (κ1) is 74.6. The Morgan fingerprint density at radius 2 is 0.466 bits per heavy atom. The minimum Gasteiger partial charge on any atom is -0.456 e. The van der Waals surface area contributed by atoms with Crippen LogP contribution >= 0.6 is 0 Å². The molecule has 0 atom stereocenters. The highest BCUT2D eigenvalue weighted by Crippen LogP contribution is 2.41. The third-order valence-corrected chi connectivity index (χ3v) is 19.9. The highest BCUT2D eigenvalue weighted by molar-refractivity contribution is 6.12. The third-order valence-electron chi connectivity index (χ3n) is 19.9. The molecule has 0 aliphatic carbocycles. The molecule has 0 N–H and O–H groups in total. The first-order valence-corrected chi connectivity index (χ1v) is 38.9. The summed E-state index contributed by atoms with van der Waals surface area (Å²) in [6, 6.07) is 96.9. The number of nitrogens with zero attached hydrogens (tertiary/aromatic N) is 12. The molecule has 568 valence electrons. The molecule has 20 rings (SSSR count). The van der Waals surface area contributed by atoms with Gasteiger partial charge in [-0.3, -0.25) is 0 Å². The van der Waals surface area contributed by atoms with Crippen LogP contribution in [0.2, 0.25) is 0 Å². The molecule has 0 saturated carbocycles. The minimum atomic E-state index is -0.205. The van der Waals surface area contributed by atoms with Gasteiger partial charge in [0.2, 0.25) is 0 Å². The van der Waals surface area contributed by atoms with Gasteiger partial charge in [-0.1, -0.05) is 308 Å². The number of furan rings is 4. The molecule has 0 spiro atoms. The Morgan fingerprint density at radius 3 is 0.922 bits per heavy atom. The molecule has 0 saturated heterocycles. The second-order valence-electron chi connectivity index (χ2n) is 32.9. The monoisotopic (exact) mass is 1520 g/mol. The third kappa shape index (κ3) is 15.4. The summed E-state index contributed by atoms with van der Waals surface area (Å²) in [6.07, 6.45) is 0. The van der Waals surface area contributed by atoms with Crippen LogP contribution in [0.15, 0.2) is 309 Å². The largest absolute Gasteiger partial charge is 0.456 e. The predicted molar refractivity (Wildman–Crippen MR) is 467 cm³/mol. The van der Waals surface area contributed by atoms with E-state index in [4.69, 9.17) is 77.5 Å². The van der Waals surface area contributed by atoms with E-state index < -0.39 is 0 Å². The summed E-state index contributed by atoms with van der Waals surface area (Å²) < 4.78 is 24.3. The maximum Gasteiger partial charge on any atom is 0.167 e. The Bertz CT molecular complexity index is 6980. The molecule has 116 heavy (non-hydrogen) atoms. The number of rotatable bonds is 8. The number of para-hydroxylation sites is 5. The highest BCUT2D eigenvalue weighted by Gasteiger charge is 2.28. The van der Waals surface area contributed by atoms with Crippen molar-refractivity contribution in [3.8, 4) is 91.1 Å². The maximum absolute atomic E-state index is 6.21. The van der Waals surface area contributed by atoms with Crippen LogP contribution in [-0.2, 0) is 21.7 Å². The lowest BCUT2D eigenvalue weighted by atomic mass is 9.95. The molecule has 16 heteroatoms. The summed E-state index contributed by atoms with van der Waals surface area (Å²) in [7, 11) is 0. The van der Waals surface area contributed by atoms with Crippen LogP contribution in [0.5, 0.6) is 0 Å². The van der Waals surface area contributed by atoms with Gasteiger partial charge in [-0.2, -0.15) is 0 Å². The Labute approximate surface area is 671 Å². The van der Waals surface area contributed by atoms with Gasteiger partial charge in [0.25, 0.3) is 0 Å². The number of benzene rings is 12. The first-order chi connectivity index (χ1) is 56.0. The van der Waals surface area contributed by atoms with E-state index in [2.05, 4.69) is 138 Å². The average molecular weight is 1520 g/mol. The quantitative estimate of drug-likeness (QED) is 0.139. The van der Waals surface area contributed by atoms with Crippen LogP contribution in [0, 0.1) is 0 Å². The van der Waals surface area contributed by atoms with Gasteiger partial charge >= 0.3 is 0 Å². The van der Waals surface area contributed by atoms with E-state index in [1.807, 2.05) is 237 Å². The van der Waals surface area contributed by atoms with Gasteiger partial charge in [0, 0.05) is 104 Å². The summed E-state index contributed by atoms with van der Waals surface area (Å²) >= 11 is 0. The number of fused-ring (bicyclic) bond motifs is 12. The van der Waals surface area contributed by atoms with Crippen molar-refractivity contribution in [1.82, 2.24) is 59.8 Å². The molecule has 0 radical (unpaired) electrons. The molecule has 20 aromatic rings. The van der Waals surface area contributed by atoms with Crippen molar-refractivity contribution in [2.24, 2.45) is 0 Å². The van der Waals surface area contributed by atoms with Crippen molar-refractivity contribution in [3.05, 3.63) is 314 Å². The molecule has 8 aromatic heterocycles. The van der Waals surface area contributed by atoms with Gasteiger partial charge in [-0.25, -0.2) is 59.8 Å². The van der Waals surface area contributed by atoms with Crippen molar-refractivity contribution in [1.29, 1.82) is 0 Å². The Kier molecular flexibility index (Phi) is 19.6. The fourth-order valence-corrected chi connectivity index (χ4v) is 13.8. The summed E-state index contributed by atoms with van der Waals surface area (Å²) in [5.74, 6) is 8.45. The zero-order valence-corrected chi connectivity index (χ0v) is 66.7. The first-order valence-electron chi connectivity index (χ1n) is 38.9. The van der Waals surface area contributed by atoms with Crippen LogP contribution in [0.3, 0.4) is 0 Å². The summed E-state index contributed by atoms with van der Waals surface area (Å²) in [6.45, 7) is 25.4. The molecular weight excluding hydrogens is 1430 g/mol. The zero-order chi connectivity index (χ0) is 80.0. The van der Waals surface area contributed by atoms with E-state index in [1.54, 1.807) is 0 Å². The van der Waals surface area contributed by atoms with E-state index in [0.717, 1.165) is 156 Å². The van der Waals surface area contributed by atoms with E-state index in [-0.39, 0.29) is 21.7 Å². The van der Waals surface area contributed by atoms with Crippen LogP contribution in [0.1, 0.15) is 106 Å². The molecule has 0 bridgehead atoms. The summed E-state index contributed by atoms with van der Waals surface area (Å²) in [4.78, 5) is 57.7. The Balaban J connectivity index is 0.000000111. The number of aromatic nitrogens is 12. The molecule has 12 aromatic carbocycles. The second-order valence-corrected chi connectivity index (χ2v) is 32.9. The van der Waals surface area contributed by atoms with Crippen LogP contribution < -0.4 is 0 Å². The molecule has 0 fully saturated rings. The van der Waals surface area contributed by atoms with Gasteiger partial charge in [-0.15, -0.1) is 0 Å². The lowest BCUT2D eigenvalue weighted by Crippen LogP contribution is -2.18. The van der Waals surface area contributed by atoms with Crippen molar-refractivity contribution in [2.45, 2.75) is 105 Å². The van der Waals surface area contributed by atoms with Crippen molar-refractivity contribution in [2.75, 3.05) is 0 Å². The standard InChI is InChI=1S/4C25H21N3O/c1-25(2,3)24-27-22(16-10-5-4-6-11-16)26-23(28-24)19-14-9-13-18-17-12-7-8-15-20(17)29-21(18)19;1-25(2,3)24-27-22(16-10-5-4-6-11-16)26-23(28-24)18-13-9-15-20-21(18)17-12-7-8-14-19(17)29-20;1-25(2,3)24-27-22(16-9-5-4-6-10-16)26-23(28-24)17-13-14-21-19(15-17)18-11-7-8-12-20(18)29-21;1-25(2,3)24-27-22(16-9-5-4-6-10-16)26-23(28-24)17-13-14-19-18-11-7-8-12-20(18)29-21(19)15-17/h4*4-15H,1-3H3. The maximum atomic E-state index is 6.21. The second kappa shape index (κ2) is 30.4. The van der Waals surface area contributed by atoms with Crippen LogP contribution in [-0.4, -0.2) is 59.8 Å². The number of hydrogen-bond donors (Lipinski definition) is 0. The highest BCUT2D eigenvalue weighted by atomic mass is 16.3. The molecular formula is C100H84N12O4. The lowest BCUT2D eigenvalue weighted by molar-refractivity contribution is 0.543. The molecule has 0 amide bonds. The fourth-order valence-electron chi connectivity index (χ4n) is 13.8. The van der Waals surface area contributed by atoms with E-state index >= 15 is 0 Å². The Hall–Kier alpha value is -14.1. The molecule has 0 aliphatic heterocycles. The minimum absolute atomic E-state index is 0.187. The average Bonchev–Trinajstić information content (AvgIpc) is 1.60. The molecule has 8 heterocycles. The predicted octanol–water partition coefficient (Wildman–Crippen LogP) is 25.6.